The van der Waals surface area contributed by atoms with Crippen molar-refractivity contribution in [3.8, 4) is 22.9 Å². The van der Waals surface area contributed by atoms with Gasteiger partial charge in [-0.05, 0) is 77.7 Å². The lowest BCUT2D eigenvalue weighted by Gasteiger charge is -2.19. The van der Waals surface area contributed by atoms with Crippen LogP contribution in [0.15, 0.2) is 66.9 Å². The molecule has 0 saturated heterocycles. The second kappa shape index (κ2) is 9.47. The number of pyridine rings is 1. The molecule has 35 heavy (non-hydrogen) atoms. The fourth-order valence-corrected chi connectivity index (χ4v) is 4.64. The van der Waals surface area contributed by atoms with E-state index in [1.807, 2.05) is 6.07 Å². The van der Waals surface area contributed by atoms with Crippen LogP contribution in [0.4, 0.5) is 5.82 Å². The molecule has 0 aliphatic heterocycles. The number of carbonyl (C=O) groups is 1. The third kappa shape index (κ3) is 4.53. The number of benzene rings is 3. The van der Waals surface area contributed by atoms with E-state index >= 15 is 0 Å². The molecule has 0 radical (unpaired) electrons. The molecule has 3 aromatic carbocycles. The van der Waals surface area contributed by atoms with Crippen LogP contribution in [0.25, 0.3) is 21.9 Å². The molecule has 0 fully saturated rings. The average molecular weight is 464 g/mol. The molecule has 0 spiro atoms. The van der Waals surface area contributed by atoms with Crippen molar-refractivity contribution in [1.82, 2.24) is 4.98 Å². The van der Waals surface area contributed by atoms with Gasteiger partial charge in [0.05, 0.1) is 24.7 Å². The van der Waals surface area contributed by atoms with Crippen LogP contribution in [0.1, 0.15) is 41.7 Å². The molecule has 0 saturated carbocycles. The van der Waals surface area contributed by atoms with E-state index in [1.165, 1.54) is 5.56 Å². The molecular weight excluding hydrogens is 438 g/mol. The van der Waals surface area contributed by atoms with E-state index in [9.17, 15) is 10.1 Å². The topological polar surface area (TPSA) is 98.2 Å². The van der Waals surface area contributed by atoms with Crippen molar-refractivity contribution in [2.45, 2.75) is 32.3 Å². The zero-order chi connectivity index (χ0) is 24.4. The number of nitriles is 1. The Bertz CT molecular complexity index is 1470. The minimum Gasteiger partial charge on any atom is -0.485 e. The van der Waals surface area contributed by atoms with Crippen LogP contribution in [-0.2, 0) is 22.4 Å². The maximum Gasteiger partial charge on any atom is 0.310 e. The zero-order valence-electron chi connectivity index (χ0n) is 19.5. The van der Waals surface area contributed by atoms with Crippen molar-refractivity contribution in [2.75, 3.05) is 12.3 Å². The molecule has 0 bridgehead atoms. The van der Waals surface area contributed by atoms with Crippen molar-refractivity contribution in [3.63, 3.8) is 0 Å². The van der Waals surface area contributed by atoms with E-state index in [4.69, 9.17) is 15.2 Å². The van der Waals surface area contributed by atoms with Crippen LogP contribution < -0.4 is 10.5 Å². The summed E-state index contributed by atoms with van der Waals surface area (Å²) in [5.41, 5.74) is 11.8. The molecule has 1 atom stereocenters. The number of ether oxygens (including phenoxy) is 2. The highest BCUT2D eigenvalue weighted by Gasteiger charge is 2.26. The molecule has 1 aliphatic rings. The number of hydrogen-bond donors (Lipinski definition) is 1. The Morgan fingerprint density at radius 2 is 1.94 bits per heavy atom. The molecule has 4 aromatic rings. The lowest BCUT2D eigenvalue weighted by Crippen LogP contribution is -2.11. The Balaban J connectivity index is 1.47. The molecule has 6 nitrogen and oxygen atoms in total. The fourth-order valence-electron chi connectivity index (χ4n) is 4.64. The van der Waals surface area contributed by atoms with Crippen molar-refractivity contribution in [1.29, 1.82) is 5.26 Å². The summed E-state index contributed by atoms with van der Waals surface area (Å²) < 4.78 is 11.6. The Labute approximate surface area is 203 Å². The molecule has 6 heteroatoms. The van der Waals surface area contributed by atoms with Crippen LogP contribution >= 0.6 is 0 Å². The van der Waals surface area contributed by atoms with Gasteiger partial charge >= 0.3 is 5.97 Å². The lowest BCUT2D eigenvalue weighted by molar-refractivity contribution is -0.142. The number of nitrogen functional groups attached to an aromatic ring is 1. The maximum atomic E-state index is 12.1. The Kier molecular flexibility index (Phi) is 6.07. The van der Waals surface area contributed by atoms with E-state index in [-0.39, 0.29) is 18.5 Å². The van der Waals surface area contributed by atoms with Gasteiger partial charge in [-0.1, -0.05) is 30.3 Å². The first-order valence-electron chi connectivity index (χ1n) is 11.7. The minimum absolute atomic E-state index is 0.0983. The largest absolute Gasteiger partial charge is 0.485 e. The molecule has 1 heterocycles. The summed E-state index contributed by atoms with van der Waals surface area (Å²) in [5.74, 6) is 0.740. The molecule has 2 N–H and O–H groups in total. The number of nitrogens with two attached hydrogens (primary N) is 1. The highest BCUT2D eigenvalue weighted by Crippen LogP contribution is 2.39. The molecule has 1 aliphatic carbocycles. The first kappa shape index (κ1) is 22.4. The number of aryl methyl sites for hydroxylation is 1. The number of esters is 1. The lowest BCUT2D eigenvalue weighted by atomic mass is 9.98. The first-order valence-corrected chi connectivity index (χ1v) is 11.7. The van der Waals surface area contributed by atoms with Crippen LogP contribution in [0.3, 0.4) is 0 Å². The predicted octanol–water partition coefficient (Wildman–Crippen LogP) is 5.53. The van der Waals surface area contributed by atoms with Crippen molar-refractivity contribution >= 4 is 22.6 Å². The van der Waals surface area contributed by atoms with Crippen LogP contribution in [0.5, 0.6) is 5.75 Å². The van der Waals surface area contributed by atoms with Gasteiger partial charge in [0, 0.05) is 17.1 Å². The van der Waals surface area contributed by atoms with E-state index in [0.717, 1.165) is 40.3 Å². The van der Waals surface area contributed by atoms with Gasteiger partial charge in [0.1, 0.15) is 17.7 Å². The number of anilines is 1. The number of carbonyl (C=O) groups excluding carboxylic acids is 1. The Morgan fingerprint density at radius 3 is 2.77 bits per heavy atom. The van der Waals surface area contributed by atoms with Crippen molar-refractivity contribution in [2.24, 2.45) is 0 Å². The highest BCUT2D eigenvalue weighted by molar-refractivity contribution is 5.94. The predicted molar refractivity (Wildman–Crippen MR) is 135 cm³/mol. The number of rotatable bonds is 6. The van der Waals surface area contributed by atoms with Gasteiger partial charge in [0.2, 0.25) is 0 Å². The third-order valence-electron chi connectivity index (χ3n) is 6.40. The number of nitrogens with zero attached hydrogens (tertiary/aromatic N) is 2. The molecular formula is C29H25N3O3. The van der Waals surface area contributed by atoms with Crippen LogP contribution in [0, 0.1) is 11.3 Å². The third-order valence-corrected chi connectivity index (χ3v) is 6.40. The summed E-state index contributed by atoms with van der Waals surface area (Å²) in [5, 5.41) is 11.4. The standard InChI is InChI=1S/C29H25N3O3/c1-2-34-28(33)16-23-4-3-18(17-30)13-27(23)35-26-10-9-19-5-7-21(14-24(19)26)22-8-6-20-11-12-32-29(31)25(20)15-22/h3-8,11-15,26H,2,9-10,16H2,1H3,(H2,31,32). The van der Waals surface area contributed by atoms with Gasteiger partial charge in [-0.2, -0.15) is 5.26 Å². The van der Waals surface area contributed by atoms with Gasteiger partial charge in [0.15, 0.2) is 0 Å². The smallest absolute Gasteiger partial charge is 0.310 e. The molecule has 0 amide bonds. The highest BCUT2D eigenvalue weighted by atomic mass is 16.5. The minimum atomic E-state index is -0.318. The SMILES string of the molecule is CCOC(=O)Cc1ccc(C#N)cc1OC1CCc2ccc(-c3ccc4ccnc(N)c4c3)cc21. The van der Waals surface area contributed by atoms with E-state index in [1.54, 1.807) is 31.3 Å². The summed E-state index contributed by atoms with van der Waals surface area (Å²) in [7, 11) is 0. The number of aromatic nitrogens is 1. The molecule has 1 aromatic heterocycles. The fraction of sp³-hybridized carbons (Fsp3) is 0.207. The summed E-state index contributed by atoms with van der Waals surface area (Å²) >= 11 is 0. The van der Waals surface area contributed by atoms with Gasteiger partial charge < -0.3 is 15.2 Å². The zero-order valence-corrected chi connectivity index (χ0v) is 19.5. The van der Waals surface area contributed by atoms with E-state index in [0.29, 0.717) is 29.3 Å². The number of hydrogen-bond acceptors (Lipinski definition) is 6. The summed E-state index contributed by atoms with van der Waals surface area (Å²) in [6.07, 6.45) is 3.36. The van der Waals surface area contributed by atoms with Gasteiger partial charge in [-0.3, -0.25) is 4.79 Å². The Morgan fingerprint density at radius 1 is 1.11 bits per heavy atom. The molecule has 5 rings (SSSR count). The quantitative estimate of drug-likeness (QED) is 0.378. The summed E-state index contributed by atoms with van der Waals surface area (Å²) in [6, 6.07) is 21.9. The average Bonchev–Trinajstić information content (AvgIpc) is 3.27. The second-order valence-electron chi connectivity index (χ2n) is 8.61. The van der Waals surface area contributed by atoms with Gasteiger partial charge in [0.25, 0.3) is 0 Å². The first-order chi connectivity index (χ1) is 17.1. The van der Waals surface area contributed by atoms with Crippen LogP contribution in [-0.4, -0.2) is 17.6 Å². The summed E-state index contributed by atoms with van der Waals surface area (Å²) in [4.78, 5) is 16.3. The normalized spacial score (nSPS) is 14.3. The summed E-state index contributed by atoms with van der Waals surface area (Å²) in [6.45, 7) is 2.10. The monoisotopic (exact) mass is 463 g/mol. The molecule has 1 unspecified atom stereocenters. The van der Waals surface area contributed by atoms with E-state index in [2.05, 4.69) is 47.5 Å². The van der Waals surface area contributed by atoms with Crippen LogP contribution in [0.2, 0.25) is 0 Å². The molecule has 174 valence electrons. The van der Waals surface area contributed by atoms with Crippen molar-refractivity contribution in [3.05, 3.63) is 89.1 Å². The maximum absolute atomic E-state index is 12.1. The van der Waals surface area contributed by atoms with E-state index < -0.39 is 0 Å². The Hall–Kier alpha value is -4.37. The van der Waals surface area contributed by atoms with Gasteiger partial charge in [-0.25, -0.2) is 4.98 Å². The van der Waals surface area contributed by atoms with Crippen molar-refractivity contribution < 1.29 is 14.3 Å². The second-order valence-corrected chi connectivity index (χ2v) is 8.61. The number of fused-ring (bicyclic) bond motifs is 2. The van der Waals surface area contributed by atoms with Gasteiger partial charge in [-0.15, -0.1) is 0 Å².